The Hall–Kier alpha value is -3.46. The summed E-state index contributed by atoms with van der Waals surface area (Å²) in [6.07, 6.45) is 0. The topological polar surface area (TPSA) is 152 Å². The van der Waals surface area contributed by atoms with Crippen molar-refractivity contribution in [2.75, 3.05) is 5.43 Å². The first-order chi connectivity index (χ1) is 8.99. The van der Waals surface area contributed by atoms with Crippen LogP contribution in [0.15, 0.2) is 23.3 Å². The number of nitrogens with one attached hydrogen (secondary N) is 1. The number of nitro benzene ring substituents is 1. The van der Waals surface area contributed by atoms with Crippen LogP contribution in [0.4, 0.5) is 11.4 Å². The van der Waals surface area contributed by atoms with Gasteiger partial charge in [0.25, 0.3) is 5.69 Å². The zero-order chi connectivity index (χ0) is 14.4. The lowest BCUT2D eigenvalue weighted by atomic mass is 10.1. The number of hydrogen-bond acceptors (Lipinski definition) is 7. The quantitative estimate of drug-likeness (QED) is 0.466. The monoisotopic (exact) mass is 259 g/mol. The number of carboxylic acid groups (broad SMARTS) is 1. The number of carbonyl (C=O) groups is 1. The lowest BCUT2D eigenvalue weighted by molar-refractivity contribution is -0.384. The molecule has 1 aromatic rings. The van der Waals surface area contributed by atoms with Crippen LogP contribution >= 0.6 is 0 Å². The van der Waals surface area contributed by atoms with Crippen LogP contribution in [0.2, 0.25) is 0 Å². The van der Waals surface area contributed by atoms with Crippen LogP contribution in [0.3, 0.4) is 0 Å². The second-order valence-corrected chi connectivity index (χ2v) is 3.09. The van der Waals surface area contributed by atoms with Crippen LogP contribution in [-0.4, -0.2) is 21.7 Å². The Kier molecular flexibility index (Phi) is 4.11. The SMILES string of the molecule is N#CC(C#N)=NNc1cc([N+](=O)[O-])ccc1C(=O)O. The fraction of sp³-hybridized carbons (Fsp3) is 0. The van der Waals surface area contributed by atoms with E-state index in [0.717, 1.165) is 18.2 Å². The second-order valence-electron chi connectivity index (χ2n) is 3.09. The van der Waals surface area contributed by atoms with Gasteiger partial charge in [0.1, 0.15) is 12.1 Å². The van der Waals surface area contributed by atoms with Gasteiger partial charge in [-0.3, -0.25) is 15.5 Å². The normalized spacial score (nSPS) is 8.74. The minimum absolute atomic E-state index is 0.190. The van der Waals surface area contributed by atoms with Crippen molar-refractivity contribution in [3.63, 3.8) is 0 Å². The molecule has 0 atom stereocenters. The summed E-state index contributed by atoms with van der Waals surface area (Å²) in [4.78, 5) is 20.8. The molecule has 19 heavy (non-hydrogen) atoms. The van der Waals surface area contributed by atoms with E-state index in [1.807, 2.05) is 0 Å². The molecule has 2 N–H and O–H groups in total. The number of nitro groups is 1. The van der Waals surface area contributed by atoms with Crippen molar-refractivity contribution >= 4 is 23.1 Å². The summed E-state index contributed by atoms with van der Waals surface area (Å²) in [6, 6.07) is 5.90. The lowest BCUT2D eigenvalue weighted by Crippen LogP contribution is -2.05. The van der Waals surface area contributed by atoms with Crippen LogP contribution in [0.25, 0.3) is 0 Å². The number of benzene rings is 1. The summed E-state index contributed by atoms with van der Waals surface area (Å²) in [6.45, 7) is 0. The molecule has 1 rings (SSSR count). The number of carboxylic acids is 1. The Balaban J connectivity index is 3.24. The van der Waals surface area contributed by atoms with Crippen molar-refractivity contribution in [1.29, 1.82) is 10.5 Å². The molecule has 0 radical (unpaired) electrons. The fourth-order valence-corrected chi connectivity index (χ4v) is 1.12. The van der Waals surface area contributed by atoms with Gasteiger partial charge in [-0.2, -0.15) is 15.6 Å². The Labute approximate surface area is 106 Å². The molecule has 0 aliphatic carbocycles. The molecule has 0 saturated carbocycles. The highest BCUT2D eigenvalue weighted by Gasteiger charge is 2.15. The lowest BCUT2D eigenvalue weighted by Gasteiger charge is -2.04. The van der Waals surface area contributed by atoms with E-state index in [-0.39, 0.29) is 16.9 Å². The van der Waals surface area contributed by atoms with Gasteiger partial charge in [0.15, 0.2) is 0 Å². The van der Waals surface area contributed by atoms with E-state index in [4.69, 9.17) is 15.6 Å². The molecule has 0 fully saturated rings. The second kappa shape index (κ2) is 5.75. The summed E-state index contributed by atoms with van der Waals surface area (Å²) < 4.78 is 0. The molecule has 0 bridgehead atoms. The fourth-order valence-electron chi connectivity index (χ4n) is 1.12. The first-order valence-corrected chi connectivity index (χ1v) is 4.65. The van der Waals surface area contributed by atoms with Crippen LogP contribution in [0.1, 0.15) is 10.4 Å². The van der Waals surface area contributed by atoms with Gasteiger partial charge < -0.3 is 5.11 Å². The molecule has 0 saturated heterocycles. The van der Waals surface area contributed by atoms with Crippen LogP contribution in [-0.2, 0) is 0 Å². The van der Waals surface area contributed by atoms with E-state index in [9.17, 15) is 14.9 Å². The van der Waals surface area contributed by atoms with E-state index < -0.39 is 16.6 Å². The predicted molar refractivity (Wildman–Crippen MR) is 62.3 cm³/mol. The van der Waals surface area contributed by atoms with Crippen molar-refractivity contribution < 1.29 is 14.8 Å². The minimum atomic E-state index is -1.33. The number of rotatable bonds is 4. The van der Waals surface area contributed by atoms with E-state index >= 15 is 0 Å². The van der Waals surface area contributed by atoms with Crippen LogP contribution in [0, 0.1) is 32.8 Å². The molecule has 0 amide bonds. The van der Waals surface area contributed by atoms with E-state index in [0.29, 0.717) is 0 Å². The summed E-state index contributed by atoms with van der Waals surface area (Å²) in [5.41, 5.74) is 0.798. The number of aromatic carboxylic acids is 1. The average molecular weight is 259 g/mol. The van der Waals surface area contributed by atoms with Crippen molar-refractivity contribution in [1.82, 2.24) is 0 Å². The molecular weight excluding hydrogens is 254 g/mol. The highest BCUT2D eigenvalue weighted by atomic mass is 16.6. The van der Waals surface area contributed by atoms with Crippen LogP contribution in [0.5, 0.6) is 0 Å². The molecule has 0 aromatic heterocycles. The van der Waals surface area contributed by atoms with Crippen molar-refractivity contribution in [2.45, 2.75) is 0 Å². The Morgan fingerprint density at radius 1 is 1.42 bits per heavy atom. The minimum Gasteiger partial charge on any atom is -0.478 e. The summed E-state index contributed by atoms with van der Waals surface area (Å²) in [5, 5.41) is 39.7. The third-order valence-corrected chi connectivity index (χ3v) is 1.94. The standard InChI is InChI=1S/C10H5N5O4/c11-4-6(5-12)13-14-9-3-7(15(18)19)1-2-8(9)10(16)17/h1-3,14H,(H,16,17). The number of non-ortho nitro benzene ring substituents is 1. The largest absolute Gasteiger partial charge is 0.478 e. The zero-order valence-corrected chi connectivity index (χ0v) is 9.19. The first kappa shape index (κ1) is 13.6. The van der Waals surface area contributed by atoms with E-state index in [1.165, 1.54) is 12.1 Å². The molecule has 0 spiro atoms. The molecular formula is C10H5N5O4. The van der Waals surface area contributed by atoms with Gasteiger partial charge in [-0.1, -0.05) is 0 Å². The molecule has 9 nitrogen and oxygen atoms in total. The van der Waals surface area contributed by atoms with Gasteiger partial charge in [0.05, 0.1) is 16.2 Å². The average Bonchev–Trinajstić information content (AvgIpc) is 2.39. The van der Waals surface area contributed by atoms with Crippen molar-refractivity contribution in [3.8, 4) is 12.1 Å². The van der Waals surface area contributed by atoms with Gasteiger partial charge in [0, 0.05) is 12.1 Å². The Morgan fingerprint density at radius 3 is 2.53 bits per heavy atom. The molecule has 0 aliphatic rings. The van der Waals surface area contributed by atoms with E-state index in [1.54, 1.807) is 0 Å². The number of nitrogens with zero attached hydrogens (tertiary/aromatic N) is 4. The Morgan fingerprint density at radius 2 is 2.05 bits per heavy atom. The van der Waals surface area contributed by atoms with Crippen molar-refractivity contribution in [2.24, 2.45) is 5.10 Å². The van der Waals surface area contributed by atoms with E-state index in [2.05, 4.69) is 10.5 Å². The predicted octanol–water partition coefficient (Wildman–Crippen LogP) is 1.11. The third-order valence-electron chi connectivity index (χ3n) is 1.94. The third kappa shape index (κ3) is 3.25. The molecule has 0 heterocycles. The molecule has 94 valence electrons. The zero-order valence-electron chi connectivity index (χ0n) is 9.19. The van der Waals surface area contributed by atoms with Gasteiger partial charge >= 0.3 is 5.97 Å². The number of nitriles is 2. The van der Waals surface area contributed by atoms with Crippen LogP contribution < -0.4 is 5.43 Å². The molecule has 0 unspecified atom stereocenters. The van der Waals surface area contributed by atoms with Crippen molar-refractivity contribution in [3.05, 3.63) is 33.9 Å². The summed E-state index contributed by atoms with van der Waals surface area (Å²) in [7, 11) is 0. The smallest absolute Gasteiger partial charge is 0.337 e. The maximum absolute atomic E-state index is 10.9. The summed E-state index contributed by atoms with van der Waals surface area (Å²) >= 11 is 0. The molecule has 9 heteroatoms. The molecule has 1 aromatic carbocycles. The maximum atomic E-state index is 10.9. The first-order valence-electron chi connectivity index (χ1n) is 4.65. The number of hydrogen-bond donors (Lipinski definition) is 2. The maximum Gasteiger partial charge on any atom is 0.337 e. The summed E-state index contributed by atoms with van der Waals surface area (Å²) in [5.74, 6) is -1.33. The highest BCUT2D eigenvalue weighted by Crippen LogP contribution is 2.22. The number of hydrazone groups is 1. The highest BCUT2D eigenvalue weighted by molar-refractivity contribution is 6.10. The molecule has 0 aliphatic heterocycles. The van der Waals surface area contributed by atoms with Gasteiger partial charge in [-0.15, -0.1) is 0 Å². The Bertz CT molecular complexity index is 637. The number of anilines is 1. The van der Waals surface area contributed by atoms with Gasteiger partial charge in [0.2, 0.25) is 5.71 Å². The van der Waals surface area contributed by atoms with Gasteiger partial charge in [-0.25, -0.2) is 4.79 Å². The van der Waals surface area contributed by atoms with Gasteiger partial charge in [-0.05, 0) is 6.07 Å².